The van der Waals surface area contributed by atoms with Gasteiger partial charge in [0.15, 0.2) is 0 Å². The Morgan fingerprint density at radius 2 is 0.979 bits per heavy atom. The maximum absolute atomic E-state index is 2.56. The first kappa shape index (κ1) is 27.9. The Morgan fingerprint density at radius 1 is 0.383 bits per heavy atom. The first-order valence-corrected chi connectivity index (χ1v) is 16.7. The summed E-state index contributed by atoms with van der Waals surface area (Å²) in [5.41, 5.74) is 16.7. The molecular weight excluding hydrogens is 567 g/mol. The van der Waals surface area contributed by atoms with Gasteiger partial charge in [0.1, 0.15) is 0 Å². The second kappa shape index (κ2) is 10.0. The molecule has 0 unspecified atom stereocenters. The minimum atomic E-state index is -0.166. The van der Waals surface area contributed by atoms with Gasteiger partial charge in [0.05, 0.1) is 5.69 Å². The topological polar surface area (TPSA) is 3.24 Å². The summed E-state index contributed by atoms with van der Waals surface area (Å²) in [7, 11) is 0. The standard InChI is InChI=1S/C46H37N/c1-45(2)38-22-14-13-21-36(38)42-40(45)29-41-43(37-28-33(30-15-7-5-8-16-30)24-26-39(37)46(41,3)4)44(42)47(34-19-9-6-10-20-34)35-25-23-31-17-11-12-18-32(31)27-35/h5-29H,1-4H3. The highest BCUT2D eigenvalue weighted by Crippen LogP contribution is 2.63. The smallest absolute Gasteiger partial charge is 0.0624 e. The van der Waals surface area contributed by atoms with E-state index in [-0.39, 0.29) is 10.8 Å². The maximum Gasteiger partial charge on any atom is 0.0624 e. The molecule has 226 valence electrons. The van der Waals surface area contributed by atoms with Crippen molar-refractivity contribution in [2.45, 2.75) is 38.5 Å². The number of rotatable bonds is 4. The van der Waals surface area contributed by atoms with Gasteiger partial charge in [-0.3, -0.25) is 0 Å². The van der Waals surface area contributed by atoms with Gasteiger partial charge >= 0.3 is 0 Å². The Hall–Kier alpha value is -5.40. The number of hydrogen-bond acceptors (Lipinski definition) is 1. The molecule has 0 aromatic heterocycles. The molecule has 7 aromatic carbocycles. The zero-order valence-corrected chi connectivity index (χ0v) is 27.4. The van der Waals surface area contributed by atoms with E-state index in [0.717, 1.165) is 11.4 Å². The lowest BCUT2D eigenvalue weighted by molar-refractivity contribution is 0.639. The van der Waals surface area contributed by atoms with Crippen LogP contribution < -0.4 is 4.90 Å². The first-order chi connectivity index (χ1) is 22.8. The molecule has 2 aliphatic rings. The SMILES string of the molecule is CC1(C)c2ccccc2-c2c1cc1c(c2N(c2ccccc2)c2ccc3ccccc3c2)-c2cc(-c3ccccc3)ccc2C1(C)C. The molecule has 0 saturated heterocycles. The summed E-state index contributed by atoms with van der Waals surface area (Å²) in [5, 5.41) is 2.49. The van der Waals surface area contributed by atoms with Crippen LogP contribution in [0.4, 0.5) is 17.1 Å². The minimum absolute atomic E-state index is 0.137. The molecule has 1 heteroatoms. The van der Waals surface area contributed by atoms with Crippen LogP contribution in [0.5, 0.6) is 0 Å². The van der Waals surface area contributed by atoms with Crippen molar-refractivity contribution in [2.75, 3.05) is 4.90 Å². The third-order valence-corrected chi connectivity index (χ3v) is 10.8. The second-order valence-corrected chi connectivity index (χ2v) is 14.2. The zero-order chi connectivity index (χ0) is 31.9. The van der Waals surface area contributed by atoms with Crippen LogP contribution in [0.2, 0.25) is 0 Å². The van der Waals surface area contributed by atoms with E-state index in [2.05, 4.69) is 184 Å². The molecule has 0 N–H and O–H groups in total. The normalized spacial score (nSPS) is 14.7. The summed E-state index contributed by atoms with van der Waals surface area (Å²) in [4.78, 5) is 2.54. The molecule has 47 heavy (non-hydrogen) atoms. The number of benzene rings is 7. The number of para-hydroxylation sites is 1. The minimum Gasteiger partial charge on any atom is -0.309 e. The van der Waals surface area contributed by atoms with Gasteiger partial charge in [0, 0.05) is 33.3 Å². The Labute approximate surface area is 277 Å². The highest BCUT2D eigenvalue weighted by atomic mass is 15.1. The largest absolute Gasteiger partial charge is 0.309 e. The van der Waals surface area contributed by atoms with Gasteiger partial charge in [-0.1, -0.05) is 149 Å². The average molecular weight is 604 g/mol. The summed E-state index contributed by atoms with van der Waals surface area (Å²) in [6, 6.07) is 56.1. The quantitative estimate of drug-likeness (QED) is 0.193. The lowest BCUT2D eigenvalue weighted by Crippen LogP contribution is -2.20. The number of hydrogen-bond donors (Lipinski definition) is 0. The molecule has 0 heterocycles. The lowest BCUT2D eigenvalue weighted by atomic mass is 9.77. The van der Waals surface area contributed by atoms with Crippen LogP contribution in [-0.4, -0.2) is 0 Å². The molecule has 2 aliphatic carbocycles. The van der Waals surface area contributed by atoms with Gasteiger partial charge in [-0.05, 0) is 85.6 Å². The van der Waals surface area contributed by atoms with Crippen molar-refractivity contribution >= 4 is 27.8 Å². The van der Waals surface area contributed by atoms with Crippen molar-refractivity contribution in [3.05, 3.63) is 174 Å². The van der Waals surface area contributed by atoms with E-state index in [4.69, 9.17) is 0 Å². The van der Waals surface area contributed by atoms with Gasteiger partial charge in [0.25, 0.3) is 0 Å². The monoisotopic (exact) mass is 603 g/mol. The number of fused-ring (bicyclic) bond motifs is 7. The molecule has 0 atom stereocenters. The van der Waals surface area contributed by atoms with E-state index in [1.807, 2.05) is 0 Å². The molecule has 7 aromatic rings. The summed E-state index contributed by atoms with van der Waals surface area (Å²) >= 11 is 0. The fraction of sp³-hybridized carbons (Fsp3) is 0.130. The Morgan fingerprint density at radius 3 is 1.72 bits per heavy atom. The van der Waals surface area contributed by atoms with Crippen LogP contribution in [0.25, 0.3) is 44.2 Å². The predicted molar refractivity (Wildman–Crippen MR) is 199 cm³/mol. The summed E-state index contributed by atoms with van der Waals surface area (Å²) < 4.78 is 0. The lowest BCUT2D eigenvalue weighted by Gasteiger charge is -2.33. The summed E-state index contributed by atoms with van der Waals surface area (Å²) in [5.74, 6) is 0. The highest BCUT2D eigenvalue weighted by Gasteiger charge is 2.45. The molecule has 0 bridgehead atoms. The van der Waals surface area contributed by atoms with Crippen molar-refractivity contribution < 1.29 is 0 Å². The second-order valence-electron chi connectivity index (χ2n) is 14.2. The summed E-state index contributed by atoms with van der Waals surface area (Å²) in [6.45, 7) is 9.63. The average Bonchev–Trinajstić information content (AvgIpc) is 3.48. The van der Waals surface area contributed by atoms with Gasteiger partial charge in [-0.25, -0.2) is 0 Å². The van der Waals surface area contributed by atoms with Crippen LogP contribution >= 0.6 is 0 Å². The fourth-order valence-corrected chi connectivity index (χ4v) is 8.37. The molecule has 0 amide bonds. The third kappa shape index (κ3) is 4.02. The van der Waals surface area contributed by atoms with E-state index in [1.54, 1.807) is 0 Å². The van der Waals surface area contributed by atoms with Crippen molar-refractivity contribution in [2.24, 2.45) is 0 Å². The fourth-order valence-electron chi connectivity index (χ4n) is 8.37. The van der Waals surface area contributed by atoms with Gasteiger partial charge < -0.3 is 4.90 Å². The Bertz CT molecular complexity index is 2340. The first-order valence-electron chi connectivity index (χ1n) is 16.7. The van der Waals surface area contributed by atoms with Crippen molar-refractivity contribution in [3.63, 3.8) is 0 Å². The van der Waals surface area contributed by atoms with Crippen molar-refractivity contribution in [3.8, 4) is 33.4 Å². The van der Waals surface area contributed by atoms with Crippen LogP contribution in [0.3, 0.4) is 0 Å². The molecule has 0 saturated carbocycles. The van der Waals surface area contributed by atoms with Gasteiger partial charge in [-0.15, -0.1) is 0 Å². The van der Waals surface area contributed by atoms with Crippen molar-refractivity contribution in [1.29, 1.82) is 0 Å². The molecule has 0 aliphatic heterocycles. The van der Waals surface area contributed by atoms with Crippen molar-refractivity contribution in [1.82, 2.24) is 0 Å². The Kier molecular flexibility index (Phi) is 5.96. The Balaban J connectivity index is 1.45. The van der Waals surface area contributed by atoms with Crippen LogP contribution in [-0.2, 0) is 10.8 Å². The van der Waals surface area contributed by atoms with E-state index < -0.39 is 0 Å². The molecule has 1 nitrogen and oxygen atoms in total. The van der Waals surface area contributed by atoms with E-state index in [9.17, 15) is 0 Å². The molecule has 0 fully saturated rings. The van der Waals surface area contributed by atoms with Crippen LogP contribution in [0.15, 0.2) is 152 Å². The van der Waals surface area contributed by atoms with Gasteiger partial charge in [0.2, 0.25) is 0 Å². The summed E-state index contributed by atoms with van der Waals surface area (Å²) in [6.07, 6.45) is 0. The van der Waals surface area contributed by atoms with Gasteiger partial charge in [-0.2, -0.15) is 0 Å². The number of nitrogens with zero attached hydrogens (tertiary/aromatic N) is 1. The number of anilines is 3. The van der Waals surface area contributed by atoms with Crippen LogP contribution in [0, 0.1) is 0 Å². The van der Waals surface area contributed by atoms with E-state index in [1.165, 1.54) is 72.1 Å². The third-order valence-electron chi connectivity index (χ3n) is 10.8. The molecule has 0 radical (unpaired) electrons. The molecular formula is C46H37N. The zero-order valence-electron chi connectivity index (χ0n) is 27.4. The molecule has 9 rings (SSSR count). The van der Waals surface area contributed by atoms with Crippen LogP contribution in [0.1, 0.15) is 49.9 Å². The molecule has 0 spiro atoms. The van der Waals surface area contributed by atoms with E-state index in [0.29, 0.717) is 0 Å². The maximum atomic E-state index is 2.56. The van der Waals surface area contributed by atoms with E-state index >= 15 is 0 Å². The predicted octanol–water partition coefficient (Wildman–Crippen LogP) is 12.6. The highest BCUT2D eigenvalue weighted by molar-refractivity contribution is 6.07.